The van der Waals surface area contributed by atoms with Crippen molar-refractivity contribution in [2.24, 2.45) is 0 Å². The maximum absolute atomic E-state index is 12.1. The van der Waals surface area contributed by atoms with Crippen molar-refractivity contribution >= 4 is 29.3 Å². The van der Waals surface area contributed by atoms with E-state index in [1.54, 1.807) is 6.20 Å². The second kappa shape index (κ2) is 6.54. The van der Waals surface area contributed by atoms with E-state index in [0.717, 1.165) is 36.7 Å². The molecule has 2 heterocycles. The number of hydrogen-bond acceptors (Lipinski definition) is 3. The predicted molar refractivity (Wildman–Crippen MR) is 85.1 cm³/mol. The summed E-state index contributed by atoms with van der Waals surface area (Å²) in [7, 11) is 0. The molecule has 1 fully saturated rings. The SMILES string of the molecule is O=C1NCCCC[C@@H]1Sc1nccn1-c1cccc(Cl)c1. The standard InChI is InChI=1S/C15H16ClN3OS/c16-11-4-3-5-12(10-11)19-9-8-18-15(19)21-13-6-1-2-7-17-14(13)20/h3-5,8-10,13H,1-2,6-7H2,(H,17,20)/t13-/m0/s1. The van der Waals surface area contributed by atoms with Gasteiger partial charge in [-0.05, 0) is 31.0 Å². The summed E-state index contributed by atoms with van der Waals surface area (Å²) in [5.74, 6) is 0.109. The Balaban J connectivity index is 1.84. The molecular formula is C15H16ClN3OS. The second-order valence-electron chi connectivity index (χ2n) is 4.95. The second-order valence-corrected chi connectivity index (χ2v) is 6.56. The van der Waals surface area contributed by atoms with E-state index in [4.69, 9.17) is 11.6 Å². The van der Waals surface area contributed by atoms with Gasteiger partial charge >= 0.3 is 0 Å². The number of carbonyl (C=O) groups is 1. The van der Waals surface area contributed by atoms with Gasteiger partial charge in [0, 0.05) is 29.6 Å². The van der Waals surface area contributed by atoms with Crippen LogP contribution < -0.4 is 5.32 Å². The number of hydrogen-bond donors (Lipinski definition) is 1. The van der Waals surface area contributed by atoms with Gasteiger partial charge in [-0.1, -0.05) is 35.9 Å². The van der Waals surface area contributed by atoms with E-state index in [0.29, 0.717) is 5.02 Å². The van der Waals surface area contributed by atoms with Crippen LogP contribution in [0.3, 0.4) is 0 Å². The van der Waals surface area contributed by atoms with Gasteiger partial charge in [0.2, 0.25) is 5.91 Å². The summed E-state index contributed by atoms with van der Waals surface area (Å²) in [4.78, 5) is 16.4. The lowest BCUT2D eigenvalue weighted by atomic mass is 10.2. The number of benzene rings is 1. The van der Waals surface area contributed by atoms with Crippen molar-refractivity contribution in [2.45, 2.75) is 29.7 Å². The molecule has 3 rings (SSSR count). The molecule has 6 heteroatoms. The molecule has 0 unspecified atom stereocenters. The molecule has 0 radical (unpaired) electrons. The van der Waals surface area contributed by atoms with E-state index in [1.807, 2.05) is 35.0 Å². The van der Waals surface area contributed by atoms with Gasteiger partial charge in [0.25, 0.3) is 0 Å². The van der Waals surface area contributed by atoms with Gasteiger partial charge in [0.15, 0.2) is 5.16 Å². The first-order valence-corrected chi connectivity index (χ1v) is 8.23. The number of imidazole rings is 1. The van der Waals surface area contributed by atoms with E-state index >= 15 is 0 Å². The molecule has 1 aliphatic rings. The lowest BCUT2D eigenvalue weighted by Gasteiger charge is -2.13. The van der Waals surface area contributed by atoms with Crippen LogP contribution in [0.2, 0.25) is 5.02 Å². The quantitative estimate of drug-likeness (QED) is 0.943. The van der Waals surface area contributed by atoms with Gasteiger partial charge in [-0.3, -0.25) is 9.36 Å². The summed E-state index contributed by atoms with van der Waals surface area (Å²) in [6, 6.07) is 7.61. The average Bonchev–Trinajstić information content (AvgIpc) is 2.84. The zero-order valence-electron chi connectivity index (χ0n) is 11.5. The monoisotopic (exact) mass is 321 g/mol. The summed E-state index contributed by atoms with van der Waals surface area (Å²) in [6.45, 7) is 0.776. The normalized spacial score (nSPS) is 19.1. The highest BCUT2D eigenvalue weighted by Gasteiger charge is 2.23. The van der Waals surface area contributed by atoms with E-state index in [9.17, 15) is 4.79 Å². The van der Waals surface area contributed by atoms with Crippen LogP contribution >= 0.6 is 23.4 Å². The fraction of sp³-hybridized carbons (Fsp3) is 0.333. The minimum atomic E-state index is -0.0761. The van der Waals surface area contributed by atoms with E-state index < -0.39 is 0 Å². The molecule has 0 aliphatic carbocycles. The van der Waals surface area contributed by atoms with Crippen molar-refractivity contribution < 1.29 is 4.79 Å². The molecule has 1 N–H and O–H groups in total. The van der Waals surface area contributed by atoms with Gasteiger partial charge < -0.3 is 5.32 Å². The lowest BCUT2D eigenvalue weighted by molar-refractivity contribution is -0.120. The minimum absolute atomic E-state index is 0.0761. The molecule has 4 nitrogen and oxygen atoms in total. The highest BCUT2D eigenvalue weighted by Crippen LogP contribution is 2.29. The molecule has 110 valence electrons. The number of rotatable bonds is 3. The Morgan fingerprint density at radius 3 is 3.14 bits per heavy atom. The maximum Gasteiger partial charge on any atom is 0.233 e. The summed E-state index contributed by atoms with van der Waals surface area (Å²) < 4.78 is 1.97. The van der Waals surface area contributed by atoms with Gasteiger partial charge in [0.05, 0.1) is 5.25 Å². The molecular weight excluding hydrogens is 306 g/mol. The summed E-state index contributed by atoms with van der Waals surface area (Å²) in [5.41, 5.74) is 0.955. The third-order valence-corrected chi connectivity index (χ3v) is 4.91. The Morgan fingerprint density at radius 1 is 1.38 bits per heavy atom. The largest absolute Gasteiger partial charge is 0.355 e. The highest BCUT2D eigenvalue weighted by atomic mass is 35.5. The van der Waals surface area contributed by atoms with Gasteiger partial charge in [-0.2, -0.15) is 0 Å². The first kappa shape index (κ1) is 14.5. The smallest absolute Gasteiger partial charge is 0.233 e. The Morgan fingerprint density at radius 2 is 2.29 bits per heavy atom. The third kappa shape index (κ3) is 3.41. The first-order valence-electron chi connectivity index (χ1n) is 6.98. The summed E-state index contributed by atoms with van der Waals surface area (Å²) >= 11 is 7.56. The third-order valence-electron chi connectivity index (χ3n) is 3.43. The zero-order valence-corrected chi connectivity index (χ0v) is 13.0. The van der Waals surface area contributed by atoms with Gasteiger partial charge in [-0.15, -0.1) is 0 Å². The molecule has 1 aliphatic heterocycles. The van der Waals surface area contributed by atoms with Crippen molar-refractivity contribution in [1.29, 1.82) is 0 Å². The van der Waals surface area contributed by atoms with E-state index in [2.05, 4.69) is 10.3 Å². The Bertz CT molecular complexity index is 643. The highest BCUT2D eigenvalue weighted by molar-refractivity contribution is 8.00. The number of nitrogens with zero attached hydrogens (tertiary/aromatic N) is 2. The fourth-order valence-electron chi connectivity index (χ4n) is 2.35. The number of carbonyl (C=O) groups excluding carboxylic acids is 1. The summed E-state index contributed by atoms with van der Waals surface area (Å²) in [6.07, 6.45) is 6.64. The first-order chi connectivity index (χ1) is 10.2. The zero-order chi connectivity index (χ0) is 14.7. The number of aromatic nitrogens is 2. The number of nitrogens with one attached hydrogen (secondary N) is 1. The van der Waals surface area contributed by atoms with E-state index in [-0.39, 0.29) is 11.2 Å². The Hall–Kier alpha value is -1.46. The van der Waals surface area contributed by atoms with Gasteiger partial charge in [-0.25, -0.2) is 4.98 Å². The van der Waals surface area contributed by atoms with Crippen molar-refractivity contribution in [3.05, 3.63) is 41.7 Å². The van der Waals surface area contributed by atoms with Crippen molar-refractivity contribution in [3.8, 4) is 5.69 Å². The molecule has 21 heavy (non-hydrogen) atoms. The number of amides is 1. The topological polar surface area (TPSA) is 46.9 Å². The predicted octanol–water partition coefficient (Wildman–Crippen LogP) is 3.29. The molecule has 1 aromatic carbocycles. The average molecular weight is 322 g/mol. The molecule has 1 atom stereocenters. The van der Waals surface area contributed by atoms with Crippen molar-refractivity contribution in [2.75, 3.05) is 6.54 Å². The van der Waals surface area contributed by atoms with Crippen molar-refractivity contribution in [1.82, 2.24) is 14.9 Å². The Kier molecular flexibility index (Phi) is 4.51. The van der Waals surface area contributed by atoms with Crippen LogP contribution in [0.4, 0.5) is 0 Å². The molecule has 0 saturated carbocycles. The van der Waals surface area contributed by atoms with Crippen LogP contribution in [0.1, 0.15) is 19.3 Å². The molecule has 0 spiro atoms. The van der Waals surface area contributed by atoms with Crippen LogP contribution in [0.25, 0.3) is 5.69 Å². The van der Waals surface area contributed by atoms with E-state index in [1.165, 1.54) is 11.8 Å². The Labute approximate surface area is 132 Å². The fourth-order valence-corrected chi connectivity index (χ4v) is 3.67. The molecule has 1 saturated heterocycles. The van der Waals surface area contributed by atoms with Crippen LogP contribution in [0, 0.1) is 0 Å². The lowest BCUT2D eigenvalue weighted by Crippen LogP contribution is -2.30. The molecule has 1 amide bonds. The van der Waals surface area contributed by atoms with Crippen LogP contribution in [-0.2, 0) is 4.79 Å². The van der Waals surface area contributed by atoms with Crippen LogP contribution in [0.15, 0.2) is 41.8 Å². The molecule has 2 aromatic rings. The van der Waals surface area contributed by atoms with Crippen LogP contribution in [0.5, 0.6) is 0 Å². The van der Waals surface area contributed by atoms with Crippen LogP contribution in [-0.4, -0.2) is 27.3 Å². The summed E-state index contributed by atoms with van der Waals surface area (Å²) in [5, 5.41) is 4.38. The van der Waals surface area contributed by atoms with Crippen molar-refractivity contribution in [3.63, 3.8) is 0 Å². The number of halogens is 1. The molecule has 1 aromatic heterocycles. The van der Waals surface area contributed by atoms with Gasteiger partial charge in [0.1, 0.15) is 0 Å². The maximum atomic E-state index is 12.1. The molecule has 0 bridgehead atoms. The minimum Gasteiger partial charge on any atom is -0.355 e. The number of thioether (sulfide) groups is 1.